The molecule has 0 atom stereocenters. The molecule has 2 aromatic heterocycles. The van der Waals surface area contributed by atoms with E-state index < -0.39 is 28.9 Å². The molecule has 0 spiro atoms. The van der Waals surface area contributed by atoms with Crippen molar-refractivity contribution in [3.05, 3.63) is 89.5 Å². The zero-order chi connectivity index (χ0) is 24.4. The molecule has 4 aromatic rings. The van der Waals surface area contributed by atoms with Crippen molar-refractivity contribution in [3.63, 3.8) is 0 Å². The van der Waals surface area contributed by atoms with Gasteiger partial charge in [-0.1, -0.05) is 24.3 Å². The van der Waals surface area contributed by atoms with Crippen LogP contribution in [0.4, 0.5) is 24.8 Å². The van der Waals surface area contributed by atoms with Gasteiger partial charge in [0.05, 0.1) is 11.3 Å². The van der Waals surface area contributed by atoms with Crippen molar-refractivity contribution in [2.24, 2.45) is 0 Å². The van der Waals surface area contributed by atoms with Gasteiger partial charge in [0.2, 0.25) is 17.6 Å². The first-order valence-electron chi connectivity index (χ1n) is 10.9. The van der Waals surface area contributed by atoms with Crippen molar-refractivity contribution in [1.82, 2.24) is 15.0 Å². The molecule has 0 radical (unpaired) electrons. The summed E-state index contributed by atoms with van der Waals surface area (Å²) in [6, 6.07) is 13.7. The first-order valence-corrected chi connectivity index (χ1v) is 11.8. The van der Waals surface area contributed by atoms with Crippen LogP contribution in [0, 0.1) is 17.5 Å². The fraction of sp³-hybridized carbons (Fsp3) is 0.160. The number of anilines is 2. The molecule has 6 nitrogen and oxygen atoms in total. The quantitative estimate of drug-likeness (QED) is 0.214. The van der Waals surface area contributed by atoms with E-state index in [1.165, 1.54) is 30.8 Å². The summed E-state index contributed by atoms with van der Waals surface area (Å²) in [7, 11) is 0. The van der Waals surface area contributed by atoms with Gasteiger partial charge in [0.25, 0.3) is 0 Å². The number of hydrogen-bond acceptors (Lipinski definition) is 7. The average Bonchev–Trinajstić information content (AvgIpc) is 3.71. The molecule has 0 amide bonds. The van der Waals surface area contributed by atoms with Crippen LogP contribution in [0.2, 0.25) is 0 Å². The molecule has 3 N–H and O–H groups in total. The highest BCUT2D eigenvalue weighted by Gasteiger charge is 2.24. The van der Waals surface area contributed by atoms with Crippen LogP contribution < -0.4 is 15.2 Å². The summed E-state index contributed by atoms with van der Waals surface area (Å²) < 4.78 is 52.3. The number of benzene rings is 2. The molecule has 0 saturated heterocycles. The number of pyridine rings is 1. The number of nitrogens with two attached hydrogens (primary N) is 1. The summed E-state index contributed by atoms with van der Waals surface area (Å²) in [4.78, 5) is 12.0. The minimum absolute atomic E-state index is 0.0207. The van der Waals surface area contributed by atoms with E-state index >= 15 is 0 Å². The molecule has 1 aliphatic rings. The van der Waals surface area contributed by atoms with E-state index in [-0.39, 0.29) is 11.8 Å². The van der Waals surface area contributed by atoms with E-state index in [1.54, 1.807) is 18.2 Å². The molecule has 35 heavy (non-hydrogen) atoms. The second kappa shape index (κ2) is 9.83. The average molecular weight is 496 g/mol. The SMILES string of the molecule is Nc1nccc(-c2cccnc2Oc2cc(F)c(NSCc3ccc(C4CC4)cc3)c(F)c2F)n1. The molecular weight excluding hydrogens is 475 g/mol. The molecule has 5 rings (SSSR count). The number of nitrogens with zero attached hydrogens (tertiary/aromatic N) is 3. The first kappa shape index (κ1) is 23.0. The van der Waals surface area contributed by atoms with Crippen LogP contribution in [0.1, 0.15) is 29.9 Å². The number of nitrogen functional groups attached to an aromatic ring is 1. The lowest BCUT2D eigenvalue weighted by Crippen LogP contribution is -2.03. The van der Waals surface area contributed by atoms with Gasteiger partial charge in [0, 0.05) is 24.2 Å². The van der Waals surface area contributed by atoms with Crippen LogP contribution in [0.5, 0.6) is 11.6 Å². The number of ether oxygens (including phenoxy) is 1. The molecule has 0 unspecified atom stereocenters. The van der Waals surface area contributed by atoms with Crippen molar-refractivity contribution in [2.45, 2.75) is 24.5 Å². The van der Waals surface area contributed by atoms with E-state index in [9.17, 15) is 13.2 Å². The maximum Gasteiger partial charge on any atom is 0.228 e. The topological polar surface area (TPSA) is 86.0 Å². The molecule has 1 saturated carbocycles. The largest absolute Gasteiger partial charge is 0.435 e. The molecule has 1 aliphatic carbocycles. The summed E-state index contributed by atoms with van der Waals surface area (Å²) in [6.07, 6.45) is 5.28. The summed E-state index contributed by atoms with van der Waals surface area (Å²) in [5.41, 5.74) is 8.05. The number of halogens is 3. The van der Waals surface area contributed by atoms with Gasteiger partial charge < -0.3 is 15.2 Å². The molecule has 178 valence electrons. The van der Waals surface area contributed by atoms with Crippen molar-refractivity contribution < 1.29 is 17.9 Å². The Kier molecular flexibility index (Phi) is 6.45. The zero-order valence-electron chi connectivity index (χ0n) is 18.3. The van der Waals surface area contributed by atoms with Crippen molar-refractivity contribution >= 4 is 23.6 Å². The van der Waals surface area contributed by atoms with Crippen molar-refractivity contribution in [3.8, 4) is 22.9 Å². The third-order valence-electron chi connectivity index (χ3n) is 5.49. The summed E-state index contributed by atoms with van der Waals surface area (Å²) >= 11 is 1.06. The summed E-state index contributed by atoms with van der Waals surface area (Å²) in [5.74, 6) is -3.35. The van der Waals surface area contributed by atoms with Gasteiger partial charge in [-0.2, -0.15) is 4.39 Å². The van der Waals surface area contributed by atoms with E-state index in [0.717, 1.165) is 23.6 Å². The molecule has 1 fully saturated rings. The second-order valence-corrected chi connectivity index (χ2v) is 8.81. The standard InChI is InChI=1S/C25H20F3N5OS/c26-18-12-20(34-24-17(2-1-10-30-24)19-9-11-31-25(29)32-19)21(27)22(28)23(18)33-35-13-14-3-5-15(6-4-14)16-7-8-16/h1-6,9-12,16,33H,7-8,13H2,(H2,29,31,32). The Bertz CT molecular complexity index is 1370. The lowest BCUT2D eigenvalue weighted by molar-refractivity contribution is 0.401. The van der Waals surface area contributed by atoms with Crippen LogP contribution in [0.15, 0.2) is 60.9 Å². The Morgan fingerprint density at radius 1 is 1.00 bits per heavy atom. The molecule has 0 bridgehead atoms. The Hall–Kier alpha value is -3.79. The van der Waals surface area contributed by atoms with Crippen LogP contribution >= 0.6 is 11.9 Å². The van der Waals surface area contributed by atoms with Gasteiger partial charge in [0.15, 0.2) is 17.4 Å². The molecule has 2 heterocycles. The van der Waals surface area contributed by atoms with E-state index in [4.69, 9.17) is 10.5 Å². The van der Waals surface area contributed by atoms with Crippen LogP contribution in [-0.2, 0) is 5.75 Å². The zero-order valence-corrected chi connectivity index (χ0v) is 19.2. The minimum atomic E-state index is -1.39. The monoisotopic (exact) mass is 495 g/mol. The number of nitrogens with one attached hydrogen (secondary N) is 1. The van der Waals surface area contributed by atoms with Gasteiger partial charge in [-0.3, -0.25) is 0 Å². The van der Waals surface area contributed by atoms with Gasteiger partial charge in [0.1, 0.15) is 5.69 Å². The van der Waals surface area contributed by atoms with Crippen LogP contribution in [-0.4, -0.2) is 15.0 Å². The smallest absolute Gasteiger partial charge is 0.228 e. The fourth-order valence-corrected chi connectivity index (χ4v) is 4.29. The van der Waals surface area contributed by atoms with Gasteiger partial charge in [-0.15, -0.1) is 0 Å². The first-order chi connectivity index (χ1) is 17.0. The van der Waals surface area contributed by atoms with Gasteiger partial charge in [-0.25, -0.2) is 23.7 Å². The molecule has 0 aliphatic heterocycles. The number of aromatic nitrogens is 3. The van der Waals surface area contributed by atoms with E-state index in [0.29, 0.717) is 22.9 Å². The highest BCUT2D eigenvalue weighted by atomic mass is 32.2. The fourth-order valence-electron chi connectivity index (χ4n) is 3.53. The van der Waals surface area contributed by atoms with Crippen molar-refractivity contribution in [2.75, 3.05) is 10.5 Å². The summed E-state index contributed by atoms with van der Waals surface area (Å²) in [6.45, 7) is 0. The second-order valence-electron chi connectivity index (χ2n) is 8.02. The lowest BCUT2D eigenvalue weighted by Gasteiger charge is -2.13. The van der Waals surface area contributed by atoms with Crippen LogP contribution in [0.25, 0.3) is 11.3 Å². The molecule has 10 heteroatoms. The number of hydrogen-bond donors (Lipinski definition) is 2. The lowest BCUT2D eigenvalue weighted by atomic mass is 10.1. The van der Waals surface area contributed by atoms with Crippen molar-refractivity contribution in [1.29, 1.82) is 0 Å². The Morgan fingerprint density at radius 2 is 1.80 bits per heavy atom. The predicted octanol–water partition coefficient (Wildman–Crippen LogP) is 6.47. The van der Waals surface area contributed by atoms with E-state index in [2.05, 4.69) is 31.8 Å². The van der Waals surface area contributed by atoms with E-state index in [1.807, 2.05) is 12.1 Å². The minimum Gasteiger partial charge on any atom is -0.435 e. The summed E-state index contributed by atoms with van der Waals surface area (Å²) in [5, 5.41) is 0. The Morgan fingerprint density at radius 3 is 2.54 bits per heavy atom. The van der Waals surface area contributed by atoms with Crippen LogP contribution in [0.3, 0.4) is 0 Å². The highest BCUT2D eigenvalue weighted by Crippen LogP contribution is 2.40. The maximum atomic E-state index is 14.8. The Labute approximate surface area is 203 Å². The Balaban J connectivity index is 1.31. The highest BCUT2D eigenvalue weighted by molar-refractivity contribution is 7.99. The van der Waals surface area contributed by atoms with Gasteiger partial charge in [-0.05, 0) is 60.0 Å². The normalized spacial score (nSPS) is 13.0. The number of rotatable bonds is 8. The third kappa shape index (κ3) is 5.17. The maximum absolute atomic E-state index is 14.8. The molecular formula is C25H20F3N5OS. The van der Waals surface area contributed by atoms with Gasteiger partial charge >= 0.3 is 0 Å². The third-order valence-corrected chi connectivity index (χ3v) is 6.32. The molecule has 2 aromatic carbocycles. The predicted molar refractivity (Wildman–Crippen MR) is 129 cm³/mol.